The zero-order valence-electron chi connectivity index (χ0n) is 17.4. The van der Waals surface area contributed by atoms with Crippen LogP contribution in [0.25, 0.3) is 11.4 Å². The van der Waals surface area contributed by atoms with Crippen LogP contribution in [0.15, 0.2) is 24.5 Å². The van der Waals surface area contributed by atoms with Gasteiger partial charge in [0, 0.05) is 42.5 Å². The van der Waals surface area contributed by atoms with Crippen LogP contribution in [0.3, 0.4) is 0 Å². The molecule has 2 aliphatic rings. The molecule has 1 aliphatic carbocycles. The van der Waals surface area contributed by atoms with E-state index in [9.17, 15) is 4.79 Å². The Bertz CT molecular complexity index is 869. The number of fused-ring (bicyclic) bond motifs is 2. The first-order valence-corrected chi connectivity index (χ1v) is 10.6. The minimum Gasteiger partial charge on any atom is -0.361 e. The number of nitrogens with one attached hydrogen (secondary N) is 2. The van der Waals surface area contributed by atoms with Crippen LogP contribution < -0.4 is 10.6 Å². The van der Waals surface area contributed by atoms with Crippen molar-refractivity contribution in [2.24, 2.45) is 0 Å². The van der Waals surface area contributed by atoms with E-state index in [0.29, 0.717) is 5.82 Å². The van der Waals surface area contributed by atoms with Crippen molar-refractivity contribution in [2.45, 2.75) is 44.4 Å². The van der Waals surface area contributed by atoms with Crippen molar-refractivity contribution in [3.05, 3.63) is 35.8 Å². The molecular weight excluding hydrogens is 364 g/mol. The molecule has 29 heavy (non-hydrogen) atoms. The van der Waals surface area contributed by atoms with E-state index in [1.54, 1.807) is 19.4 Å². The standard InChI is InChI=1S/C22H30N6O/c1-3-11-28-12-5-8-22(15-28)9-7-17-19(22)26-20(16-6-4-10-24-13-16)27-21(17)25-14-18(29)23-2/h4,6,10,13H,3,5,7-9,11-12,14-15H2,1-2H3,(H,23,29)(H,25,26,27). The Hall–Kier alpha value is -2.54. The van der Waals surface area contributed by atoms with Gasteiger partial charge in [-0.15, -0.1) is 0 Å². The Kier molecular flexibility index (Phi) is 5.76. The number of anilines is 1. The van der Waals surface area contributed by atoms with E-state index in [2.05, 4.69) is 27.4 Å². The number of likely N-dealkylation sites (N-methyl/N-ethyl adjacent to an activating group) is 1. The molecule has 0 bridgehead atoms. The molecule has 7 heteroatoms. The summed E-state index contributed by atoms with van der Waals surface area (Å²) in [5.74, 6) is 1.42. The second-order valence-corrected chi connectivity index (χ2v) is 8.15. The molecule has 2 aromatic rings. The van der Waals surface area contributed by atoms with Gasteiger partial charge in [-0.2, -0.15) is 0 Å². The first-order valence-electron chi connectivity index (χ1n) is 10.6. The zero-order chi connectivity index (χ0) is 20.3. The van der Waals surface area contributed by atoms with Gasteiger partial charge in [-0.05, 0) is 57.3 Å². The quantitative estimate of drug-likeness (QED) is 0.783. The van der Waals surface area contributed by atoms with E-state index in [-0.39, 0.29) is 17.9 Å². The van der Waals surface area contributed by atoms with Gasteiger partial charge in [-0.25, -0.2) is 9.97 Å². The summed E-state index contributed by atoms with van der Waals surface area (Å²) in [7, 11) is 1.65. The molecule has 2 aromatic heterocycles. The molecule has 1 atom stereocenters. The summed E-state index contributed by atoms with van der Waals surface area (Å²) >= 11 is 0. The Morgan fingerprint density at radius 2 is 2.21 bits per heavy atom. The highest BCUT2D eigenvalue weighted by molar-refractivity contribution is 5.80. The summed E-state index contributed by atoms with van der Waals surface area (Å²) in [6.07, 6.45) is 9.15. The molecule has 2 N–H and O–H groups in total. The summed E-state index contributed by atoms with van der Waals surface area (Å²) in [6.45, 7) is 5.83. The molecule has 0 saturated carbocycles. The third kappa shape index (κ3) is 3.96. The van der Waals surface area contributed by atoms with E-state index < -0.39 is 0 Å². The van der Waals surface area contributed by atoms with Crippen molar-refractivity contribution < 1.29 is 4.79 Å². The fourth-order valence-corrected chi connectivity index (χ4v) is 4.80. The van der Waals surface area contributed by atoms with E-state index in [0.717, 1.165) is 37.3 Å². The lowest BCUT2D eigenvalue weighted by Crippen LogP contribution is -2.45. The minimum atomic E-state index is -0.0558. The van der Waals surface area contributed by atoms with E-state index in [1.807, 2.05) is 12.1 Å². The van der Waals surface area contributed by atoms with Crippen LogP contribution in [0.2, 0.25) is 0 Å². The molecular formula is C22H30N6O. The zero-order valence-corrected chi connectivity index (χ0v) is 17.4. The number of carbonyl (C=O) groups excluding carboxylic acids is 1. The van der Waals surface area contributed by atoms with E-state index in [1.165, 1.54) is 37.1 Å². The van der Waals surface area contributed by atoms with Crippen LogP contribution in [0, 0.1) is 0 Å². The van der Waals surface area contributed by atoms with E-state index in [4.69, 9.17) is 9.97 Å². The van der Waals surface area contributed by atoms with Gasteiger partial charge >= 0.3 is 0 Å². The Morgan fingerprint density at radius 3 is 2.97 bits per heavy atom. The molecule has 1 spiro atoms. The van der Waals surface area contributed by atoms with Crippen molar-refractivity contribution in [1.29, 1.82) is 0 Å². The predicted octanol–water partition coefficient (Wildman–Crippen LogP) is 2.39. The average Bonchev–Trinajstić information content (AvgIpc) is 3.10. The minimum absolute atomic E-state index is 0.0558. The maximum Gasteiger partial charge on any atom is 0.239 e. The maximum atomic E-state index is 11.8. The first-order chi connectivity index (χ1) is 14.1. The number of hydrogen-bond donors (Lipinski definition) is 2. The molecule has 0 aromatic carbocycles. The van der Waals surface area contributed by atoms with Crippen LogP contribution in [0.4, 0.5) is 5.82 Å². The summed E-state index contributed by atoms with van der Waals surface area (Å²) in [5, 5.41) is 5.93. The Labute approximate surface area is 172 Å². The number of likely N-dealkylation sites (tertiary alicyclic amines) is 1. The Balaban J connectivity index is 1.75. The van der Waals surface area contributed by atoms with Crippen molar-refractivity contribution >= 4 is 11.7 Å². The van der Waals surface area contributed by atoms with Gasteiger partial charge < -0.3 is 15.5 Å². The number of piperidine rings is 1. The van der Waals surface area contributed by atoms with Gasteiger partial charge in [0.1, 0.15) is 5.82 Å². The first kappa shape index (κ1) is 19.8. The number of aromatic nitrogens is 3. The fourth-order valence-electron chi connectivity index (χ4n) is 4.80. The number of carbonyl (C=O) groups is 1. The van der Waals surface area contributed by atoms with Crippen LogP contribution >= 0.6 is 0 Å². The molecule has 3 heterocycles. The lowest BCUT2D eigenvalue weighted by atomic mass is 9.77. The normalized spacial score (nSPS) is 21.2. The summed E-state index contributed by atoms with van der Waals surface area (Å²) in [5.41, 5.74) is 3.35. The van der Waals surface area contributed by atoms with Crippen molar-refractivity contribution in [3.8, 4) is 11.4 Å². The number of hydrogen-bond acceptors (Lipinski definition) is 6. The third-order valence-electron chi connectivity index (χ3n) is 6.17. The fraction of sp³-hybridized carbons (Fsp3) is 0.545. The monoisotopic (exact) mass is 394 g/mol. The number of nitrogens with zero attached hydrogens (tertiary/aromatic N) is 4. The van der Waals surface area contributed by atoms with Crippen LogP contribution in [-0.2, 0) is 16.6 Å². The van der Waals surface area contributed by atoms with Crippen LogP contribution in [0.1, 0.15) is 43.9 Å². The Morgan fingerprint density at radius 1 is 1.31 bits per heavy atom. The number of rotatable bonds is 6. The van der Waals surface area contributed by atoms with Gasteiger partial charge in [0.25, 0.3) is 0 Å². The second-order valence-electron chi connectivity index (χ2n) is 8.15. The topological polar surface area (TPSA) is 83.0 Å². The summed E-state index contributed by atoms with van der Waals surface area (Å²) in [6, 6.07) is 3.89. The maximum absolute atomic E-state index is 11.8. The summed E-state index contributed by atoms with van der Waals surface area (Å²) < 4.78 is 0. The average molecular weight is 395 g/mol. The van der Waals surface area contributed by atoms with Crippen LogP contribution in [0.5, 0.6) is 0 Å². The SMILES string of the molecule is CCCN1CCCC2(CCc3c(NCC(=O)NC)nc(-c4cccnc4)nc32)C1. The molecule has 7 nitrogen and oxygen atoms in total. The highest BCUT2D eigenvalue weighted by Gasteiger charge is 2.44. The lowest BCUT2D eigenvalue weighted by molar-refractivity contribution is -0.118. The highest BCUT2D eigenvalue weighted by Crippen LogP contribution is 2.46. The lowest BCUT2D eigenvalue weighted by Gasteiger charge is -2.40. The smallest absolute Gasteiger partial charge is 0.239 e. The van der Waals surface area contributed by atoms with Gasteiger partial charge in [0.15, 0.2) is 5.82 Å². The number of amides is 1. The second kappa shape index (κ2) is 8.45. The molecule has 154 valence electrons. The summed E-state index contributed by atoms with van der Waals surface area (Å²) in [4.78, 5) is 28.5. The van der Waals surface area contributed by atoms with Gasteiger partial charge in [0.2, 0.25) is 5.91 Å². The van der Waals surface area contributed by atoms with E-state index >= 15 is 0 Å². The van der Waals surface area contributed by atoms with Gasteiger partial charge in [-0.1, -0.05) is 6.92 Å². The molecule has 1 aliphatic heterocycles. The van der Waals surface area contributed by atoms with Crippen molar-refractivity contribution in [2.75, 3.05) is 38.5 Å². The van der Waals surface area contributed by atoms with Crippen LogP contribution in [-0.4, -0.2) is 59.0 Å². The van der Waals surface area contributed by atoms with Crippen molar-refractivity contribution in [1.82, 2.24) is 25.2 Å². The highest BCUT2D eigenvalue weighted by atomic mass is 16.1. The molecule has 1 fully saturated rings. The molecule has 1 unspecified atom stereocenters. The number of pyridine rings is 1. The van der Waals surface area contributed by atoms with Gasteiger partial charge in [-0.3, -0.25) is 9.78 Å². The molecule has 4 rings (SSSR count). The van der Waals surface area contributed by atoms with Gasteiger partial charge in [0.05, 0.1) is 12.2 Å². The largest absolute Gasteiger partial charge is 0.361 e. The molecule has 0 radical (unpaired) electrons. The van der Waals surface area contributed by atoms with Crippen molar-refractivity contribution in [3.63, 3.8) is 0 Å². The third-order valence-corrected chi connectivity index (χ3v) is 6.17. The molecule has 1 saturated heterocycles. The predicted molar refractivity (Wildman–Crippen MR) is 114 cm³/mol. The molecule has 1 amide bonds.